The number of nitrogens with zero attached hydrogens (tertiary/aromatic N) is 1. The molecule has 0 unspecified atom stereocenters. The van der Waals surface area contributed by atoms with E-state index in [1.54, 1.807) is 4.42 Å². The van der Waals surface area contributed by atoms with Crippen LogP contribution in [0.25, 0.3) is 0 Å². The Morgan fingerprint density at radius 1 is 0.808 bits per heavy atom. The summed E-state index contributed by atoms with van der Waals surface area (Å²) in [6.07, 6.45) is 4.28. The molecule has 0 radical (unpaired) electrons. The van der Waals surface area contributed by atoms with E-state index in [-0.39, 0.29) is 33.5 Å². The predicted octanol–water partition coefficient (Wildman–Crippen LogP) is 4.73. The average Bonchev–Trinajstić information content (AvgIpc) is 3.02. The molecule has 0 aromatic heterocycles. The van der Waals surface area contributed by atoms with Crippen molar-refractivity contribution in [1.29, 1.82) is 0 Å². The molecule has 0 spiro atoms. The van der Waals surface area contributed by atoms with Crippen LogP contribution in [0.3, 0.4) is 0 Å². The van der Waals surface area contributed by atoms with Crippen LogP contribution in [-0.2, 0) is 9.59 Å². The number of rotatable bonds is 4. The highest BCUT2D eigenvalue weighted by molar-refractivity contribution is 6.13. The van der Waals surface area contributed by atoms with Crippen LogP contribution >= 0.6 is 11.8 Å². The van der Waals surface area contributed by atoms with Gasteiger partial charge in [-0.2, -0.15) is 0 Å². The fraction of sp³-hybridized carbons (Fsp3) is 0.909. The lowest BCUT2D eigenvalue weighted by molar-refractivity contribution is -0.132. The van der Waals surface area contributed by atoms with E-state index in [1.807, 2.05) is 0 Å². The van der Waals surface area contributed by atoms with Gasteiger partial charge < -0.3 is 0 Å². The second kappa shape index (κ2) is 5.35. The molecule has 4 aliphatic rings. The Hall–Kier alpha value is -0.410. The molecule has 6 atom stereocenters. The largest absolute Gasteiger partial charge is 0.299 e. The lowest BCUT2D eigenvalue weighted by Gasteiger charge is -2.32. The van der Waals surface area contributed by atoms with Crippen molar-refractivity contribution in [2.75, 3.05) is 13.1 Å². The van der Waals surface area contributed by atoms with Crippen LogP contribution in [0.2, 0.25) is 0 Å². The smallest absolute Gasteiger partial charge is 0.143 e. The van der Waals surface area contributed by atoms with E-state index in [9.17, 15) is 9.59 Å². The Morgan fingerprint density at radius 2 is 1.15 bits per heavy atom. The minimum Gasteiger partial charge on any atom is -0.299 e. The van der Waals surface area contributed by atoms with E-state index in [2.05, 4.69) is 41.5 Å². The monoisotopic (exact) mass is 379 g/mol. The molecule has 146 valence electrons. The second-order valence-corrected chi connectivity index (χ2v) is 11.6. The highest BCUT2D eigenvalue weighted by atomic mass is 35.5. The van der Waals surface area contributed by atoms with Gasteiger partial charge in [-0.1, -0.05) is 41.5 Å². The van der Waals surface area contributed by atoms with E-state index in [0.717, 1.165) is 25.7 Å². The first-order chi connectivity index (χ1) is 11.9. The molecule has 3 nitrogen and oxygen atoms in total. The third-order valence-corrected chi connectivity index (χ3v) is 10.4. The van der Waals surface area contributed by atoms with Crippen molar-refractivity contribution < 1.29 is 9.59 Å². The van der Waals surface area contributed by atoms with Crippen LogP contribution in [-0.4, -0.2) is 29.1 Å². The van der Waals surface area contributed by atoms with Gasteiger partial charge in [-0.05, 0) is 60.1 Å². The maximum atomic E-state index is 13.1. The Labute approximate surface area is 163 Å². The van der Waals surface area contributed by atoms with Gasteiger partial charge in [-0.15, -0.1) is 0 Å². The van der Waals surface area contributed by atoms with E-state index < -0.39 is 0 Å². The predicted molar refractivity (Wildman–Crippen MR) is 104 cm³/mol. The molecule has 0 aromatic carbocycles. The standard InChI is InChI=1S/C22H34ClNO2/c1-19(2)15-7-9-21(19,5)17(25)13(15)11-24(23)12-14-16-8-10-22(6,18(14)26)20(16,3)4/h13-16H,7-12H2,1-6H3/t13-,14-,15+,16+,21-,22+/m1/s1. The zero-order valence-corrected chi connectivity index (χ0v) is 17.9. The summed E-state index contributed by atoms with van der Waals surface area (Å²) in [5.74, 6) is 1.70. The molecule has 4 heteroatoms. The van der Waals surface area contributed by atoms with Gasteiger partial charge in [0.05, 0.1) is 0 Å². The SMILES string of the molecule is CC1(C)[C@H]2CC[C@@]1(C)C(=O)[C@@H]2CN(Cl)C[C@H]1C(=O)[C@@]2(C)CC[C@@H]1C2(C)C. The zero-order valence-electron chi connectivity index (χ0n) is 17.2. The lowest BCUT2D eigenvalue weighted by atomic mass is 9.70. The summed E-state index contributed by atoms with van der Waals surface area (Å²) in [4.78, 5) is 26.1. The van der Waals surface area contributed by atoms with Gasteiger partial charge in [0.25, 0.3) is 0 Å². The molecule has 0 aromatic rings. The van der Waals surface area contributed by atoms with Gasteiger partial charge in [0, 0.05) is 35.8 Å². The first kappa shape index (κ1) is 18.9. The Balaban J connectivity index is 1.47. The zero-order chi connectivity index (χ0) is 19.3. The van der Waals surface area contributed by atoms with Crippen molar-refractivity contribution in [2.24, 2.45) is 45.3 Å². The van der Waals surface area contributed by atoms with Crippen LogP contribution in [0.1, 0.15) is 67.2 Å². The second-order valence-electron chi connectivity index (χ2n) is 11.2. The Kier molecular flexibility index (Phi) is 3.89. The van der Waals surface area contributed by atoms with Crippen molar-refractivity contribution in [3.05, 3.63) is 0 Å². The maximum absolute atomic E-state index is 13.1. The molecule has 4 saturated carbocycles. The quantitative estimate of drug-likeness (QED) is 0.663. The number of ketones is 2. The summed E-state index contributed by atoms with van der Waals surface area (Å²) in [5, 5.41) is 0. The molecule has 4 rings (SSSR count). The van der Waals surface area contributed by atoms with Crippen LogP contribution in [0, 0.1) is 45.3 Å². The van der Waals surface area contributed by atoms with Gasteiger partial charge in [0.1, 0.15) is 11.6 Å². The summed E-state index contributed by atoms with van der Waals surface area (Å²) < 4.78 is 1.78. The Morgan fingerprint density at radius 3 is 1.42 bits per heavy atom. The van der Waals surface area contributed by atoms with Gasteiger partial charge in [0.2, 0.25) is 0 Å². The first-order valence-electron chi connectivity index (χ1n) is 10.4. The molecule has 4 bridgehead atoms. The highest BCUT2D eigenvalue weighted by Gasteiger charge is 2.67. The van der Waals surface area contributed by atoms with Crippen LogP contribution in [0.15, 0.2) is 0 Å². The topological polar surface area (TPSA) is 37.4 Å². The van der Waals surface area contributed by atoms with Gasteiger partial charge in [-0.25, -0.2) is 4.42 Å². The van der Waals surface area contributed by atoms with E-state index in [4.69, 9.17) is 11.8 Å². The number of hydrogen-bond donors (Lipinski definition) is 0. The van der Waals surface area contributed by atoms with Gasteiger partial charge in [0.15, 0.2) is 0 Å². The Bertz CT molecular complexity index is 615. The lowest BCUT2D eigenvalue weighted by Crippen LogP contribution is -2.39. The maximum Gasteiger partial charge on any atom is 0.143 e. The highest BCUT2D eigenvalue weighted by Crippen LogP contribution is 2.67. The molecule has 0 saturated heterocycles. The normalized spacial score (nSPS) is 48.2. The minimum atomic E-state index is -0.197. The van der Waals surface area contributed by atoms with Crippen LogP contribution < -0.4 is 0 Å². The number of hydrogen-bond acceptors (Lipinski definition) is 3. The van der Waals surface area contributed by atoms with Gasteiger partial charge >= 0.3 is 0 Å². The number of carbonyl (C=O) groups excluding carboxylic acids is 2. The molecule has 0 aliphatic heterocycles. The summed E-state index contributed by atoms with van der Waals surface area (Å²) >= 11 is 6.65. The number of fused-ring (bicyclic) bond motifs is 4. The van der Waals surface area contributed by atoms with E-state index in [0.29, 0.717) is 36.5 Å². The van der Waals surface area contributed by atoms with Gasteiger partial charge in [-0.3, -0.25) is 9.59 Å². The summed E-state index contributed by atoms with van der Waals surface area (Å²) in [6, 6.07) is 0. The number of halogens is 1. The molecular formula is C22H34ClNO2. The van der Waals surface area contributed by atoms with Crippen molar-refractivity contribution >= 4 is 23.3 Å². The molecule has 0 amide bonds. The minimum absolute atomic E-state index is 0.0264. The molecule has 0 heterocycles. The van der Waals surface area contributed by atoms with Crippen LogP contribution in [0.4, 0.5) is 0 Å². The van der Waals surface area contributed by atoms with E-state index in [1.165, 1.54) is 0 Å². The third kappa shape index (κ3) is 2.00. The molecule has 4 fully saturated rings. The number of carbonyl (C=O) groups is 2. The van der Waals surface area contributed by atoms with E-state index >= 15 is 0 Å². The third-order valence-electron chi connectivity index (χ3n) is 10.1. The molecule has 26 heavy (non-hydrogen) atoms. The molecule has 0 N–H and O–H groups in total. The number of Topliss-reactive ketones (excluding diaryl/α,β-unsaturated/α-hetero) is 2. The first-order valence-corrected chi connectivity index (χ1v) is 10.7. The molecular weight excluding hydrogens is 346 g/mol. The fourth-order valence-electron chi connectivity index (χ4n) is 7.47. The van der Waals surface area contributed by atoms with Crippen molar-refractivity contribution in [2.45, 2.75) is 67.2 Å². The van der Waals surface area contributed by atoms with Crippen molar-refractivity contribution in [1.82, 2.24) is 4.42 Å². The van der Waals surface area contributed by atoms with Crippen molar-refractivity contribution in [3.8, 4) is 0 Å². The van der Waals surface area contributed by atoms with Crippen molar-refractivity contribution in [3.63, 3.8) is 0 Å². The summed E-state index contributed by atoms with van der Waals surface area (Å²) in [7, 11) is 0. The molecule has 4 aliphatic carbocycles. The summed E-state index contributed by atoms with van der Waals surface area (Å²) in [6.45, 7) is 14.5. The summed E-state index contributed by atoms with van der Waals surface area (Å²) in [5.41, 5.74) is -0.274. The average molecular weight is 380 g/mol. The van der Waals surface area contributed by atoms with Crippen LogP contribution in [0.5, 0.6) is 0 Å². The fourth-order valence-corrected chi connectivity index (χ4v) is 7.77.